The van der Waals surface area contributed by atoms with Crippen molar-refractivity contribution >= 4 is 5.97 Å². The lowest BCUT2D eigenvalue weighted by Crippen LogP contribution is -2.38. The van der Waals surface area contributed by atoms with E-state index in [4.69, 9.17) is 28.5 Å². The minimum atomic E-state index is -0.753. The van der Waals surface area contributed by atoms with Crippen molar-refractivity contribution in [2.45, 2.75) is 44.8 Å². The third-order valence-electron chi connectivity index (χ3n) is 6.71. The molecule has 8 nitrogen and oxygen atoms in total. The third kappa shape index (κ3) is 10.1. The minimum Gasteiger partial charge on any atom is -0.493 e. The molecule has 1 unspecified atom stereocenters. The number of rotatable bonds is 17. The average Bonchev–Trinajstić information content (AvgIpc) is 3.51. The lowest BCUT2D eigenvalue weighted by Gasteiger charge is -2.28. The van der Waals surface area contributed by atoms with E-state index in [1.54, 1.807) is 6.26 Å². The summed E-state index contributed by atoms with van der Waals surface area (Å²) in [5.41, 5.74) is 1.99. The highest BCUT2D eigenvalue weighted by Crippen LogP contribution is 2.24. The van der Waals surface area contributed by atoms with E-state index in [-0.39, 0.29) is 12.5 Å². The number of ether oxygens (including phenoxy) is 4. The predicted octanol–water partition coefficient (Wildman–Crippen LogP) is 5.66. The van der Waals surface area contributed by atoms with Gasteiger partial charge in [0, 0.05) is 37.2 Å². The molecule has 3 aromatic rings. The second kappa shape index (κ2) is 15.9. The van der Waals surface area contributed by atoms with Gasteiger partial charge in [-0.05, 0) is 68.1 Å². The van der Waals surface area contributed by atoms with Gasteiger partial charge in [0.05, 0.1) is 38.8 Å². The summed E-state index contributed by atoms with van der Waals surface area (Å²) >= 11 is 0. The van der Waals surface area contributed by atoms with Gasteiger partial charge in [-0.3, -0.25) is 9.69 Å². The largest absolute Gasteiger partial charge is 0.493 e. The first-order valence-corrected chi connectivity index (χ1v) is 13.8. The molecule has 1 saturated heterocycles. The van der Waals surface area contributed by atoms with Gasteiger partial charge in [-0.25, -0.2) is 0 Å². The molecule has 210 valence electrons. The van der Waals surface area contributed by atoms with Crippen LogP contribution < -0.4 is 9.47 Å². The standard InChI is InChI=1S/C31H39NO7/c33-31(34)10-2-1-5-19-36-30-8-4-3-7-26(30)23-38-28(15-16-32-17-21-35-22-18-32)24-39-27-13-11-25(12-14-27)29-9-6-20-37-29/h3-4,6-9,11-14,20,28H,1-2,5,10,15-19,21-24H2,(H,33,34). The number of hydrogen-bond donors (Lipinski definition) is 1. The SMILES string of the molecule is O=C(O)CCCCCOc1ccccc1COC(CCN1CCOCC1)COc1ccc(-c2ccco2)cc1. The number of carboxylic acid groups (broad SMARTS) is 1. The molecule has 1 aliphatic heterocycles. The average molecular weight is 538 g/mol. The molecule has 0 radical (unpaired) electrons. The van der Waals surface area contributed by atoms with E-state index in [0.29, 0.717) is 26.2 Å². The number of carbonyl (C=O) groups is 1. The highest BCUT2D eigenvalue weighted by atomic mass is 16.5. The lowest BCUT2D eigenvalue weighted by atomic mass is 10.1. The van der Waals surface area contributed by atoms with Crippen molar-refractivity contribution in [3.05, 3.63) is 72.5 Å². The van der Waals surface area contributed by atoms with Gasteiger partial charge in [-0.1, -0.05) is 18.2 Å². The van der Waals surface area contributed by atoms with Crippen molar-refractivity contribution in [1.29, 1.82) is 0 Å². The van der Waals surface area contributed by atoms with Crippen LogP contribution in [-0.2, 0) is 20.9 Å². The molecule has 39 heavy (non-hydrogen) atoms. The molecule has 0 amide bonds. The molecule has 1 N–H and O–H groups in total. The van der Waals surface area contributed by atoms with Crippen molar-refractivity contribution in [2.24, 2.45) is 0 Å². The Kier molecular flexibility index (Phi) is 11.7. The van der Waals surface area contributed by atoms with Crippen LogP contribution in [0, 0.1) is 0 Å². The van der Waals surface area contributed by atoms with Crippen molar-refractivity contribution in [2.75, 3.05) is 46.1 Å². The monoisotopic (exact) mass is 537 g/mol. The van der Waals surface area contributed by atoms with Crippen LogP contribution in [0.25, 0.3) is 11.3 Å². The van der Waals surface area contributed by atoms with Crippen LogP contribution in [0.5, 0.6) is 11.5 Å². The van der Waals surface area contributed by atoms with Gasteiger partial charge in [0.1, 0.15) is 23.9 Å². The second-order valence-corrected chi connectivity index (χ2v) is 9.65. The Labute approximate surface area is 230 Å². The fourth-order valence-corrected chi connectivity index (χ4v) is 4.42. The first kappa shape index (κ1) is 28.7. The van der Waals surface area contributed by atoms with E-state index in [9.17, 15) is 4.79 Å². The topological polar surface area (TPSA) is 90.6 Å². The van der Waals surface area contributed by atoms with E-state index in [1.807, 2.05) is 60.7 Å². The van der Waals surface area contributed by atoms with Gasteiger partial charge in [-0.2, -0.15) is 0 Å². The van der Waals surface area contributed by atoms with Gasteiger partial charge in [0.25, 0.3) is 0 Å². The number of furan rings is 1. The van der Waals surface area contributed by atoms with Crippen LogP contribution in [0.1, 0.15) is 37.7 Å². The van der Waals surface area contributed by atoms with Crippen LogP contribution in [0.2, 0.25) is 0 Å². The molecule has 0 saturated carbocycles. The molecular weight excluding hydrogens is 498 g/mol. The molecule has 1 aromatic heterocycles. The Balaban J connectivity index is 1.30. The van der Waals surface area contributed by atoms with Crippen molar-refractivity contribution in [3.8, 4) is 22.8 Å². The lowest BCUT2D eigenvalue weighted by molar-refractivity contribution is -0.137. The number of aliphatic carboxylic acids is 1. The van der Waals surface area contributed by atoms with Crippen LogP contribution in [0.4, 0.5) is 0 Å². The first-order valence-electron chi connectivity index (χ1n) is 13.8. The molecule has 2 aromatic carbocycles. The molecular formula is C31H39NO7. The number of hydrogen-bond acceptors (Lipinski definition) is 7. The second-order valence-electron chi connectivity index (χ2n) is 9.65. The summed E-state index contributed by atoms with van der Waals surface area (Å²) in [6.07, 6.45) is 4.93. The van der Waals surface area contributed by atoms with Crippen LogP contribution in [-0.4, -0.2) is 68.1 Å². The maximum atomic E-state index is 10.7. The summed E-state index contributed by atoms with van der Waals surface area (Å²) in [7, 11) is 0. The Morgan fingerprint density at radius 3 is 2.54 bits per heavy atom. The van der Waals surface area contributed by atoms with E-state index in [0.717, 1.165) is 80.5 Å². The number of benzene rings is 2. The zero-order valence-electron chi connectivity index (χ0n) is 22.5. The quantitative estimate of drug-likeness (QED) is 0.221. The van der Waals surface area contributed by atoms with Gasteiger partial charge < -0.3 is 28.5 Å². The third-order valence-corrected chi connectivity index (χ3v) is 6.71. The highest BCUT2D eigenvalue weighted by Gasteiger charge is 2.17. The normalized spacial score (nSPS) is 14.7. The van der Waals surface area contributed by atoms with Crippen LogP contribution in [0.15, 0.2) is 71.3 Å². The maximum Gasteiger partial charge on any atom is 0.303 e. The Bertz CT molecular complexity index is 1090. The Morgan fingerprint density at radius 1 is 0.949 bits per heavy atom. The van der Waals surface area contributed by atoms with Gasteiger partial charge in [0.15, 0.2) is 0 Å². The summed E-state index contributed by atoms with van der Waals surface area (Å²) < 4.78 is 29.5. The zero-order chi connectivity index (χ0) is 27.1. The van der Waals surface area contributed by atoms with Gasteiger partial charge >= 0.3 is 5.97 Å². The number of nitrogens with zero attached hydrogens (tertiary/aromatic N) is 1. The molecule has 1 aliphatic rings. The molecule has 1 fully saturated rings. The summed E-state index contributed by atoms with van der Waals surface area (Å²) in [6, 6.07) is 19.6. The smallest absolute Gasteiger partial charge is 0.303 e. The number of carboxylic acids is 1. The summed E-state index contributed by atoms with van der Waals surface area (Å²) in [4.78, 5) is 13.1. The molecule has 2 heterocycles. The fraction of sp³-hybridized carbons (Fsp3) is 0.452. The van der Waals surface area contributed by atoms with E-state index >= 15 is 0 Å². The van der Waals surface area contributed by atoms with Gasteiger partial charge in [0.2, 0.25) is 0 Å². The number of morpholine rings is 1. The minimum absolute atomic E-state index is 0.0957. The Morgan fingerprint density at radius 2 is 1.77 bits per heavy atom. The first-order chi connectivity index (χ1) is 19.2. The van der Waals surface area contributed by atoms with Crippen LogP contribution in [0.3, 0.4) is 0 Å². The summed E-state index contributed by atoms with van der Waals surface area (Å²) in [5, 5.41) is 8.78. The maximum absolute atomic E-state index is 10.7. The molecule has 0 bridgehead atoms. The molecule has 0 aliphatic carbocycles. The fourth-order valence-electron chi connectivity index (χ4n) is 4.42. The van der Waals surface area contributed by atoms with Crippen molar-refractivity contribution < 1.29 is 33.3 Å². The highest BCUT2D eigenvalue weighted by molar-refractivity contribution is 5.66. The van der Waals surface area contributed by atoms with E-state index in [1.165, 1.54) is 0 Å². The molecule has 4 rings (SSSR count). The molecule has 1 atom stereocenters. The predicted molar refractivity (Wildman–Crippen MR) is 148 cm³/mol. The number of unbranched alkanes of at least 4 members (excludes halogenated alkanes) is 2. The van der Waals surface area contributed by atoms with Crippen LogP contribution >= 0.6 is 0 Å². The van der Waals surface area contributed by atoms with E-state index in [2.05, 4.69) is 4.90 Å². The zero-order valence-corrected chi connectivity index (χ0v) is 22.5. The summed E-state index contributed by atoms with van der Waals surface area (Å²) in [5.74, 6) is 1.67. The molecule has 0 spiro atoms. The Hall–Kier alpha value is -3.33. The summed E-state index contributed by atoms with van der Waals surface area (Å²) in [6.45, 7) is 5.74. The number of para-hydroxylation sites is 1. The van der Waals surface area contributed by atoms with Crippen molar-refractivity contribution in [1.82, 2.24) is 4.90 Å². The van der Waals surface area contributed by atoms with Crippen molar-refractivity contribution in [3.63, 3.8) is 0 Å². The molecule has 8 heteroatoms. The van der Waals surface area contributed by atoms with Gasteiger partial charge in [-0.15, -0.1) is 0 Å². The van der Waals surface area contributed by atoms with E-state index < -0.39 is 5.97 Å².